The topological polar surface area (TPSA) is 105 Å². The van der Waals surface area contributed by atoms with Gasteiger partial charge in [-0.05, 0) is 67.8 Å². The molecule has 1 atom stereocenters. The van der Waals surface area contributed by atoms with Gasteiger partial charge in [0, 0.05) is 44.6 Å². The Kier molecular flexibility index (Phi) is 7.65. The van der Waals surface area contributed by atoms with Gasteiger partial charge in [0.25, 0.3) is 0 Å². The molecular weight excluding hydrogens is 430 g/mol. The van der Waals surface area contributed by atoms with Crippen LogP contribution in [-0.2, 0) is 24.3 Å². The van der Waals surface area contributed by atoms with Crippen LogP contribution in [0.4, 0.5) is 11.4 Å². The minimum absolute atomic E-state index is 0.0885. The molecular formula is C23H29N3O5S. The number of carbonyl (C=O) groups is 2. The highest BCUT2D eigenvalue weighted by atomic mass is 32.2. The van der Waals surface area contributed by atoms with Gasteiger partial charge in [-0.15, -0.1) is 0 Å². The molecule has 2 amide bonds. The second-order valence-electron chi connectivity index (χ2n) is 7.93. The standard InChI is InChI=1S/C23H29N3O5S/c1-16-5-8-20(13-17(16)2)26-15-18(14-22(26)27)23(28)25-19-6-9-21(10-7-19)32(29,30)24-11-4-12-31-3/h5-10,13,18,24H,4,11-12,14-15H2,1-3H3,(H,25,28). The van der Waals surface area contributed by atoms with Crippen molar-refractivity contribution >= 4 is 33.2 Å². The first-order valence-corrected chi connectivity index (χ1v) is 12.0. The highest BCUT2D eigenvalue weighted by Crippen LogP contribution is 2.27. The van der Waals surface area contributed by atoms with Crippen LogP contribution in [0.2, 0.25) is 0 Å². The summed E-state index contributed by atoms with van der Waals surface area (Å²) in [7, 11) is -2.06. The summed E-state index contributed by atoms with van der Waals surface area (Å²) in [6, 6.07) is 11.8. The zero-order chi connectivity index (χ0) is 23.3. The van der Waals surface area contributed by atoms with Crippen LogP contribution in [0.3, 0.4) is 0 Å². The van der Waals surface area contributed by atoms with E-state index in [4.69, 9.17) is 4.74 Å². The van der Waals surface area contributed by atoms with Gasteiger partial charge in [0.2, 0.25) is 21.8 Å². The fraction of sp³-hybridized carbons (Fsp3) is 0.391. The average molecular weight is 460 g/mol. The maximum absolute atomic E-state index is 12.7. The second-order valence-corrected chi connectivity index (χ2v) is 9.70. The lowest BCUT2D eigenvalue weighted by molar-refractivity contribution is -0.122. The number of sulfonamides is 1. The van der Waals surface area contributed by atoms with Gasteiger partial charge in [-0.1, -0.05) is 6.07 Å². The molecule has 0 radical (unpaired) electrons. The molecule has 9 heteroatoms. The Hall–Kier alpha value is -2.75. The summed E-state index contributed by atoms with van der Waals surface area (Å²) < 4.78 is 32.0. The molecule has 1 heterocycles. The van der Waals surface area contributed by atoms with E-state index < -0.39 is 15.9 Å². The largest absolute Gasteiger partial charge is 0.385 e. The number of carbonyl (C=O) groups excluding carboxylic acids is 2. The smallest absolute Gasteiger partial charge is 0.240 e. The first kappa shape index (κ1) is 23.9. The van der Waals surface area contributed by atoms with Gasteiger partial charge in [0.05, 0.1) is 10.8 Å². The number of nitrogens with one attached hydrogen (secondary N) is 2. The molecule has 1 fully saturated rings. The minimum Gasteiger partial charge on any atom is -0.385 e. The third-order valence-electron chi connectivity index (χ3n) is 5.55. The van der Waals surface area contributed by atoms with E-state index in [1.165, 1.54) is 12.1 Å². The van der Waals surface area contributed by atoms with Gasteiger partial charge in [0.1, 0.15) is 0 Å². The number of nitrogens with zero attached hydrogens (tertiary/aromatic N) is 1. The molecule has 2 aromatic rings. The number of ether oxygens (including phenoxy) is 1. The Labute approximate surface area is 189 Å². The molecule has 0 aliphatic carbocycles. The van der Waals surface area contributed by atoms with E-state index in [0.717, 1.165) is 16.8 Å². The van der Waals surface area contributed by atoms with Crippen LogP contribution in [0.15, 0.2) is 47.4 Å². The molecule has 3 rings (SSSR count). The molecule has 1 aliphatic heterocycles. The summed E-state index contributed by atoms with van der Waals surface area (Å²) in [4.78, 5) is 27.0. The maximum atomic E-state index is 12.7. The first-order chi connectivity index (χ1) is 15.2. The average Bonchev–Trinajstić information content (AvgIpc) is 3.15. The van der Waals surface area contributed by atoms with E-state index in [2.05, 4.69) is 10.0 Å². The minimum atomic E-state index is -3.62. The van der Waals surface area contributed by atoms with E-state index in [1.54, 1.807) is 24.1 Å². The molecule has 2 aromatic carbocycles. The van der Waals surface area contributed by atoms with Crippen LogP contribution in [0.5, 0.6) is 0 Å². The summed E-state index contributed by atoms with van der Waals surface area (Å²) in [6.07, 6.45) is 0.708. The van der Waals surface area contributed by atoms with Gasteiger partial charge >= 0.3 is 0 Å². The van der Waals surface area contributed by atoms with Crippen molar-refractivity contribution < 1.29 is 22.7 Å². The van der Waals surface area contributed by atoms with Gasteiger partial charge in [0.15, 0.2) is 0 Å². The van der Waals surface area contributed by atoms with Crippen molar-refractivity contribution in [2.24, 2.45) is 5.92 Å². The molecule has 0 spiro atoms. The number of aryl methyl sites for hydroxylation is 2. The van der Waals surface area contributed by atoms with Crippen molar-refractivity contribution in [3.63, 3.8) is 0 Å². The molecule has 1 unspecified atom stereocenters. The zero-order valence-electron chi connectivity index (χ0n) is 18.6. The predicted octanol–water partition coefficient (Wildman–Crippen LogP) is 2.61. The van der Waals surface area contributed by atoms with E-state index in [0.29, 0.717) is 25.3 Å². The summed E-state index contributed by atoms with van der Waals surface area (Å²) in [6.45, 7) is 5.06. The molecule has 8 nitrogen and oxygen atoms in total. The molecule has 0 aromatic heterocycles. The number of methoxy groups -OCH3 is 1. The van der Waals surface area contributed by atoms with Crippen LogP contribution < -0.4 is 14.9 Å². The summed E-state index contributed by atoms with van der Waals surface area (Å²) in [5, 5.41) is 2.79. The Morgan fingerprint density at radius 2 is 1.84 bits per heavy atom. The monoisotopic (exact) mass is 459 g/mol. The van der Waals surface area contributed by atoms with Crippen LogP contribution in [0.1, 0.15) is 24.0 Å². The number of rotatable bonds is 9. The fourth-order valence-electron chi connectivity index (χ4n) is 3.49. The van der Waals surface area contributed by atoms with Crippen molar-refractivity contribution in [3.05, 3.63) is 53.6 Å². The Balaban J connectivity index is 1.60. The summed E-state index contributed by atoms with van der Waals surface area (Å²) in [5.41, 5.74) is 3.50. The molecule has 0 bridgehead atoms. The quantitative estimate of drug-likeness (QED) is 0.561. The molecule has 0 saturated carbocycles. The van der Waals surface area contributed by atoms with Gasteiger partial charge in [-0.3, -0.25) is 9.59 Å². The van der Waals surface area contributed by atoms with E-state index in [9.17, 15) is 18.0 Å². The Morgan fingerprint density at radius 1 is 1.12 bits per heavy atom. The lowest BCUT2D eigenvalue weighted by atomic mass is 10.1. The lowest BCUT2D eigenvalue weighted by Gasteiger charge is -2.18. The third-order valence-corrected chi connectivity index (χ3v) is 7.02. The predicted molar refractivity (Wildman–Crippen MR) is 123 cm³/mol. The molecule has 2 N–H and O–H groups in total. The van der Waals surface area contributed by atoms with Crippen molar-refractivity contribution in [2.75, 3.05) is 37.0 Å². The van der Waals surface area contributed by atoms with Gasteiger partial charge in [-0.2, -0.15) is 0 Å². The van der Waals surface area contributed by atoms with Gasteiger partial charge < -0.3 is 15.0 Å². The summed E-state index contributed by atoms with van der Waals surface area (Å²) in [5.74, 6) is -0.831. The highest BCUT2D eigenvalue weighted by Gasteiger charge is 2.35. The number of anilines is 2. The van der Waals surface area contributed by atoms with Crippen molar-refractivity contribution in [3.8, 4) is 0 Å². The van der Waals surface area contributed by atoms with Gasteiger partial charge in [-0.25, -0.2) is 13.1 Å². The number of hydrogen-bond acceptors (Lipinski definition) is 5. The summed E-state index contributed by atoms with van der Waals surface area (Å²) >= 11 is 0. The second kappa shape index (κ2) is 10.2. The van der Waals surface area contributed by atoms with Crippen LogP contribution in [0.25, 0.3) is 0 Å². The van der Waals surface area contributed by atoms with E-state index >= 15 is 0 Å². The lowest BCUT2D eigenvalue weighted by Crippen LogP contribution is -2.28. The molecule has 1 aliphatic rings. The molecule has 32 heavy (non-hydrogen) atoms. The van der Waals surface area contributed by atoms with Crippen LogP contribution in [-0.4, -0.2) is 47.0 Å². The number of amides is 2. The normalized spacial score (nSPS) is 16.4. The van der Waals surface area contributed by atoms with Crippen molar-refractivity contribution in [2.45, 2.75) is 31.6 Å². The van der Waals surface area contributed by atoms with Crippen molar-refractivity contribution in [1.82, 2.24) is 4.72 Å². The molecule has 172 valence electrons. The Morgan fingerprint density at radius 3 is 2.50 bits per heavy atom. The fourth-order valence-corrected chi connectivity index (χ4v) is 4.57. The third kappa shape index (κ3) is 5.73. The van der Waals surface area contributed by atoms with Crippen LogP contribution in [0, 0.1) is 19.8 Å². The van der Waals surface area contributed by atoms with E-state index in [-0.39, 0.29) is 29.7 Å². The van der Waals surface area contributed by atoms with E-state index in [1.807, 2.05) is 32.0 Å². The Bertz CT molecular complexity index is 1080. The SMILES string of the molecule is COCCCNS(=O)(=O)c1ccc(NC(=O)C2CC(=O)N(c3ccc(C)c(C)c3)C2)cc1. The van der Waals surface area contributed by atoms with Crippen LogP contribution >= 0.6 is 0 Å². The first-order valence-electron chi connectivity index (χ1n) is 10.5. The zero-order valence-corrected chi connectivity index (χ0v) is 19.4. The highest BCUT2D eigenvalue weighted by molar-refractivity contribution is 7.89. The number of benzene rings is 2. The molecule has 1 saturated heterocycles. The number of hydrogen-bond donors (Lipinski definition) is 2. The maximum Gasteiger partial charge on any atom is 0.240 e. The van der Waals surface area contributed by atoms with Crippen molar-refractivity contribution in [1.29, 1.82) is 0 Å².